The van der Waals surface area contributed by atoms with Crippen LogP contribution in [-0.4, -0.2) is 25.0 Å². The van der Waals surface area contributed by atoms with E-state index in [1.807, 2.05) is 0 Å². The summed E-state index contributed by atoms with van der Waals surface area (Å²) in [7, 11) is 0. The van der Waals surface area contributed by atoms with Gasteiger partial charge in [-0.3, -0.25) is 4.79 Å². The molecule has 0 aliphatic carbocycles. The molecule has 18 heavy (non-hydrogen) atoms. The first-order valence-electron chi connectivity index (χ1n) is 4.91. The minimum Gasteiger partial charge on any atom is -0.311 e. The lowest BCUT2D eigenvalue weighted by atomic mass is 10.3. The van der Waals surface area contributed by atoms with Gasteiger partial charge in [0, 0.05) is 0 Å². The number of halogens is 2. The number of aromatic amines is 1. The second kappa shape index (κ2) is 3.88. The van der Waals surface area contributed by atoms with Crippen LogP contribution >= 0.6 is 11.6 Å². The van der Waals surface area contributed by atoms with Gasteiger partial charge in [0.05, 0.1) is 17.0 Å². The normalized spacial score (nSPS) is 11.0. The summed E-state index contributed by atoms with van der Waals surface area (Å²) < 4.78 is 14.4. The molecule has 3 aromatic rings. The third-order valence-corrected chi connectivity index (χ3v) is 2.68. The predicted molar refractivity (Wildman–Crippen MR) is 62.2 cm³/mol. The van der Waals surface area contributed by atoms with Crippen LogP contribution in [0, 0.1) is 5.82 Å². The molecule has 0 unspecified atom stereocenters. The van der Waals surface area contributed by atoms with Crippen LogP contribution < -0.4 is 5.56 Å². The molecule has 0 amide bonds. The molecule has 90 valence electrons. The lowest BCUT2D eigenvalue weighted by molar-refractivity contribution is 0.627. The summed E-state index contributed by atoms with van der Waals surface area (Å²) in [6, 6.07) is 4.06. The van der Waals surface area contributed by atoms with Gasteiger partial charge in [0.2, 0.25) is 0 Å². The molecule has 0 fully saturated rings. The van der Waals surface area contributed by atoms with Crippen molar-refractivity contribution in [1.82, 2.24) is 25.0 Å². The number of hydrogen-bond donors (Lipinski definition) is 1. The van der Waals surface area contributed by atoms with Crippen LogP contribution in [0.1, 0.15) is 0 Å². The molecule has 6 nitrogen and oxygen atoms in total. The topological polar surface area (TPSA) is 76.5 Å². The SMILES string of the molecule is O=c1[nH]cnc2c1nnn2-c1ccc(F)c(Cl)c1. The van der Waals surface area contributed by atoms with Crippen molar-refractivity contribution in [1.29, 1.82) is 0 Å². The average Bonchev–Trinajstić information content (AvgIpc) is 2.78. The standard InChI is InChI=1S/C10H5ClFN5O/c11-6-3-5(1-2-7(6)12)17-9-8(15-16-17)10(18)14-4-13-9/h1-4H,(H,13,14,18). The third-order valence-electron chi connectivity index (χ3n) is 2.39. The van der Waals surface area contributed by atoms with Crippen LogP contribution in [0.2, 0.25) is 5.02 Å². The molecule has 3 rings (SSSR count). The van der Waals surface area contributed by atoms with Gasteiger partial charge in [-0.15, -0.1) is 5.10 Å². The van der Waals surface area contributed by atoms with Crippen LogP contribution in [-0.2, 0) is 0 Å². The highest BCUT2D eigenvalue weighted by Crippen LogP contribution is 2.19. The molecule has 0 spiro atoms. The van der Waals surface area contributed by atoms with E-state index in [0.29, 0.717) is 5.69 Å². The lowest BCUT2D eigenvalue weighted by Gasteiger charge is -2.02. The molecule has 0 bridgehead atoms. The van der Waals surface area contributed by atoms with Crippen molar-refractivity contribution in [2.75, 3.05) is 0 Å². The number of aromatic nitrogens is 5. The fourth-order valence-electron chi connectivity index (χ4n) is 1.55. The average molecular weight is 266 g/mol. The Bertz CT molecular complexity index is 796. The highest BCUT2D eigenvalue weighted by Gasteiger charge is 2.11. The van der Waals surface area contributed by atoms with Crippen molar-refractivity contribution < 1.29 is 4.39 Å². The maximum absolute atomic E-state index is 13.1. The van der Waals surface area contributed by atoms with E-state index >= 15 is 0 Å². The van der Waals surface area contributed by atoms with Crippen molar-refractivity contribution in [3.05, 3.63) is 45.7 Å². The number of nitrogens with one attached hydrogen (secondary N) is 1. The summed E-state index contributed by atoms with van der Waals surface area (Å²) in [5.74, 6) is -0.532. The Kier molecular flexibility index (Phi) is 2.34. The van der Waals surface area contributed by atoms with Crippen molar-refractivity contribution in [3.8, 4) is 5.69 Å². The summed E-state index contributed by atoms with van der Waals surface area (Å²) in [4.78, 5) is 17.8. The lowest BCUT2D eigenvalue weighted by Crippen LogP contribution is -2.07. The number of hydrogen-bond acceptors (Lipinski definition) is 4. The predicted octanol–water partition coefficient (Wildman–Crippen LogP) is 1.30. The Morgan fingerprint density at radius 3 is 3.00 bits per heavy atom. The van der Waals surface area contributed by atoms with Crippen molar-refractivity contribution in [2.24, 2.45) is 0 Å². The van der Waals surface area contributed by atoms with Crippen molar-refractivity contribution >= 4 is 22.8 Å². The maximum atomic E-state index is 13.1. The minimum absolute atomic E-state index is 0.0407. The molecular formula is C10H5ClFN5O. The van der Waals surface area contributed by atoms with Gasteiger partial charge in [-0.25, -0.2) is 9.37 Å². The summed E-state index contributed by atoms with van der Waals surface area (Å²) in [5, 5.41) is 7.48. The van der Waals surface area contributed by atoms with Gasteiger partial charge in [0.15, 0.2) is 11.2 Å². The Morgan fingerprint density at radius 1 is 1.39 bits per heavy atom. The van der Waals surface area contributed by atoms with E-state index in [2.05, 4.69) is 20.3 Å². The van der Waals surface area contributed by atoms with E-state index in [-0.39, 0.29) is 21.7 Å². The fourth-order valence-corrected chi connectivity index (χ4v) is 1.73. The van der Waals surface area contributed by atoms with Gasteiger partial charge >= 0.3 is 0 Å². The second-order valence-corrected chi connectivity index (χ2v) is 3.91. The molecule has 0 saturated heterocycles. The van der Waals surface area contributed by atoms with Crippen LogP contribution in [0.15, 0.2) is 29.3 Å². The van der Waals surface area contributed by atoms with E-state index in [4.69, 9.17) is 11.6 Å². The first kappa shape index (κ1) is 10.8. The molecule has 0 atom stereocenters. The van der Waals surface area contributed by atoms with Gasteiger partial charge in [0.1, 0.15) is 5.82 Å². The summed E-state index contributed by atoms with van der Waals surface area (Å²) in [6.07, 6.45) is 1.25. The Balaban J connectivity index is 2.29. The number of H-pyrrole nitrogens is 1. The zero-order valence-corrected chi connectivity index (χ0v) is 9.52. The van der Waals surface area contributed by atoms with E-state index < -0.39 is 5.82 Å². The summed E-state index contributed by atoms with van der Waals surface area (Å²) in [6.45, 7) is 0. The van der Waals surface area contributed by atoms with Gasteiger partial charge in [-0.2, -0.15) is 4.68 Å². The van der Waals surface area contributed by atoms with Gasteiger partial charge in [-0.05, 0) is 18.2 Å². The number of benzene rings is 1. The van der Waals surface area contributed by atoms with E-state index in [9.17, 15) is 9.18 Å². The number of rotatable bonds is 1. The fraction of sp³-hybridized carbons (Fsp3) is 0. The zero-order chi connectivity index (χ0) is 12.7. The molecule has 0 aliphatic rings. The van der Waals surface area contributed by atoms with E-state index in [0.717, 1.165) is 0 Å². The largest absolute Gasteiger partial charge is 0.311 e. The van der Waals surface area contributed by atoms with E-state index in [1.165, 1.54) is 29.2 Å². The van der Waals surface area contributed by atoms with Crippen molar-refractivity contribution in [3.63, 3.8) is 0 Å². The maximum Gasteiger partial charge on any atom is 0.280 e. The Morgan fingerprint density at radius 2 is 2.22 bits per heavy atom. The number of nitrogens with zero attached hydrogens (tertiary/aromatic N) is 4. The molecular weight excluding hydrogens is 261 g/mol. The quantitative estimate of drug-likeness (QED) is 0.719. The van der Waals surface area contributed by atoms with E-state index in [1.54, 1.807) is 0 Å². The molecule has 8 heteroatoms. The molecule has 0 saturated carbocycles. The molecule has 1 N–H and O–H groups in total. The number of fused-ring (bicyclic) bond motifs is 1. The smallest absolute Gasteiger partial charge is 0.280 e. The van der Waals surface area contributed by atoms with Crippen LogP contribution in [0.4, 0.5) is 4.39 Å². The molecule has 0 radical (unpaired) electrons. The highest BCUT2D eigenvalue weighted by molar-refractivity contribution is 6.30. The van der Waals surface area contributed by atoms with Gasteiger partial charge in [0.25, 0.3) is 5.56 Å². The molecule has 2 aromatic heterocycles. The first-order valence-corrected chi connectivity index (χ1v) is 5.29. The van der Waals surface area contributed by atoms with Crippen LogP contribution in [0.3, 0.4) is 0 Å². The molecule has 0 aliphatic heterocycles. The van der Waals surface area contributed by atoms with Crippen LogP contribution in [0.5, 0.6) is 0 Å². The monoisotopic (exact) mass is 265 g/mol. The first-order chi connectivity index (χ1) is 8.66. The second-order valence-electron chi connectivity index (χ2n) is 3.50. The Hall–Kier alpha value is -2.28. The van der Waals surface area contributed by atoms with Crippen molar-refractivity contribution in [2.45, 2.75) is 0 Å². The van der Waals surface area contributed by atoms with Gasteiger partial charge < -0.3 is 4.98 Å². The third kappa shape index (κ3) is 1.56. The molecule has 2 heterocycles. The van der Waals surface area contributed by atoms with Crippen LogP contribution in [0.25, 0.3) is 16.9 Å². The zero-order valence-electron chi connectivity index (χ0n) is 8.76. The molecule has 1 aromatic carbocycles. The Labute approximate surface area is 104 Å². The van der Waals surface area contributed by atoms with Gasteiger partial charge in [-0.1, -0.05) is 16.8 Å². The summed E-state index contributed by atoms with van der Waals surface area (Å²) in [5.41, 5.74) is 0.473. The highest BCUT2D eigenvalue weighted by atomic mass is 35.5. The summed E-state index contributed by atoms with van der Waals surface area (Å²) >= 11 is 5.69. The minimum atomic E-state index is -0.532.